The van der Waals surface area contributed by atoms with Gasteiger partial charge in [0.2, 0.25) is 5.88 Å². The number of ether oxygens (including phenoxy) is 1. The Morgan fingerprint density at radius 2 is 2.54 bits per heavy atom. The number of aromatic nitrogens is 1. The maximum atomic E-state index is 12.7. The number of hydrogen-bond acceptors (Lipinski definition) is 4. The largest absolute Gasteiger partial charge is 0.440 e. The van der Waals surface area contributed by atoms with Gasteiger partial charge in [-0.2, -0.15) is 4.39 Å². The average Bonchev–Trinajstić information content (AvgIpc) is 2.12. The Bertz CT molecular complexity index is 342. The molecule has 0 radical (unpaired) electrons. The zero-order valence-corrected chi connectivity index (χ0v) is 7.17. The maximum Gasteiger partial charge on any atom is 0.257 e. The zero-order valence-electron chi connectivity index (χ0n) is 7.17. The molecule has 1 aromatic heterocycles. The Morgan fingerprint density at radius 1 is 1.77 bits per heavy atom. The number of fused-ring (bicyclic) bond motifs is 1. The molecule has 4 nitrogen and oxygen atoms in total. The van der Waals surface area contributed by atoms with E-state index >= 15 is 0 Å². The van der Waals surface area contributed by atoms with E-state index in [-0.39, 0.29) is 12.4 Å². The van der Waals surface area contributed by atoms with Gasteiger partial charge in [-0.05, 0) is 6.92 Å². The molecule has 1 aliphatic heterocycles. The lowest BCUT2D eigenvalue weighted by Gasteiger charge is -2.22. The van der Waals surface area contributed by atoms with Crippen LogP contribution in [0, 0.1) is 6.92 Å². The van der Waals surface area contributed by atoms with Gasteiger partial charge < -0.3 is 15.8 Å². The molecule has 0 aromatic carbocycles. The van der Waals surface area contributed by atoms with Crippen LogP contribution < -0.4 is 15.8 Å². The number of nitrogens with one attached hydrogen (secondary N) is 1. The Kier molecular flexibility index (Phi) is 1.72. The van der Waals surface area contributed by atoms with E-state index in [1.165, 1.54) is 6.20 Å². The third kappa shape index (κ3) is 1.26. The molecule has 3 N–H and O–H groups in total. The zero-order chi connectivity index (χ0) is 9.42. The van der Waals surface area contributed by atoms with Gasteiger partial charge in [-0.1, -0.05) is 0 Å². The summed E-state index contributed by atoms with van der Waals surface area (Å²) in [5.74, 6) is 0.283. The lowest BCUT2D eigenvalue weighted by molar-refractivity contribution is 0.0688. The van der Waals surface area contributed by atoms with E-state index in [2.05, 4.69) is 10.3 Å². The number of nitrogen functional groups attached to an aromatic ring is 1. The van der Waals surface area contributed by atoms with E-state index in [1.807, 2.05) is 6.92 Å². The van der Waals surface area contributed by atoms with Crippen LogP contribution in [0.2, 0.25) is 0 Å². The summed E-state index contributed by atoms with van der Waals surface area (Å²) < 4.78 is 17.6. The number of anilines is 2. The highest BCUT2D eigenvalue weighted by Crippen LogP contribution is 2.32. The van der Waals surface area contributed by atoms with Crippen LogP contribution in [0.1, 0.15) is 5.56 Å². The molecule has 1 unspecified atom stereocenters. The minimum atomic E-state index is -1.33. The number of pyridine rings is 1. The number of halogens is 1. The van der Waals surface area contributed by atoms with E-state index in [0.717, 1.165) is 5.56 Å². The standard InChI is InChI=1S/C8H10FN3O/c1-4-5(10)2-12-8-7(4)11-3-6(9)13-8/h2,6,11H,3,10H2,1H3. The first-order valence-corrected chi connectivity index (χ1v) is 3.98. The van der Waals surface area contributed by atoms with Gasteiger partial charge in [0.15, 0.2) is 0 Å². The smallest absolute Gasteiger partial charge is 0.257 e. The number of nitrogens with zero attached hydrogens (tertiary/aromatic N) is 1. The molecule has 2 rings (SSSR count). The number of nitrogens with two attached hydrogens (primary N) is 1. The fraction of sp³-hybridized carbons (Fsp3) is 0.375. The van der Waals surface area contributed by atoms with Crippen molar-refractivity contribution in [2.24, 2.45) is 0 Å². The molecule has 70 valence electrons. The second-order valence-electron chi connectivity index (χ2n) is 2.93. The van der Waals surface area contributed by atoms with Gasteiger partial charge in [0.1, 0.15) is 5.69 Å². The van der Waals surface area contributed by atoms with Crippen molar-refractivity contribution in [2.45, 2.75) is 13.3 Å². The molecule has 0 aliphatic carbocycles. The Morgan fingerprint density at radius 3 is 3.31 bits per heavy atom. The van der Waals surface area contributed by atoms with Gasteiger partial charge >= 0.3 is 0 Å². The number of rotatable bonds is 0. The predicted molar refractivity (Wildman–Crippen MR) is 47.4 cm³/mol. The van der Waals surface area contributed by atoms with Crippen LogP contribution in [-0.2, 0) is 0 Å². The van der Waals surface area contributed by atoms with Crippen LogP contribution >= 0.6 is 0 Å². The molecule has 1 aromatic rings. The molecule has 0 saturated heterocycles. The Hall–Kier alpha value is -1.52. The summed E-state index contributed by atoms with van der Waals surface area (Å²) in [7, 11) is 0. The number of alkyl halides is 1. The van der Waals surface area contributed by atoms with Gasteiger partial charge in [-0.3, -0.25) is 0 Å². The second-order valence-corrected chi connectivity index (χ2v) is 2.93. The highest BCUT2D eigenvalue weighted by molar-refractivity contribution is 5.67. The Labute approximate surface area is 74.9 Å². The van der Waals surface area contributed by atoms with E-state index < -0.39 is 6.36 Å². The minimum absolute atomic E-state index is 0.138. The first-order chi connectivity index (χ1) is 6.18. The van der Waals surface area contributed by atoms with Crippen molar-refractivity contribution >= 4 is 11.4 Å². The van der Waals surface area contributed by atoms with Crippen molar-refractivity contribution in [2.75, 3.05) is 17.6 Å². The van der Waals surface area contributed by atoms with Crippen LogP contribution in [0.5, 0.6) is 5.88 Å². The molecule has 0 saturated carbocycles. The highest BCUT2D eigenvalue weighted by Gasteiger charge is 2.21. The molecule has 1 aliphatic rings. The van der Waals surface area contributed by atoms with E-state index in [0.29, 0.717) is 11.4 Å². The van der Waals surface area contributed by atoms with Crippen molar-refractivity contribution in [3.63, 3.8) is 0 Å². The molecular formula is C8H10FN3O. The molecule has 1 atom stereocenters. The summed E-state index contributed by atoms with van der Waals surface area (Å²) in [6, 6.07) is 0. The van der Waals surface area contributed by atoms with Crippen molar-refractivity contribution in [3.05, 3.63) is 11.8 Å². The monoisotopic (exact) mass is 183 g/mol. The minimum Gasteiger partial charge on any atom is -0.440 e. The van der Waals surface area contributed by atoms with Gasteiger partial charge in [0.25, 0.3) is 6.36 Å². The van der Waals surface area contributed by atoms with Crippen molar-refractivity contribution in [1.29, 1.82) is 0 Å². The molecule has 0 bridgehead atoms. The predicted octanol–water partition coefficient (Wildman–Crippen LogP) is 1.07. The van der Waals surface area contributed by atoms with Gasteiger partial charge in [-0.25, -0.2) is 4.98 Å². The number of hydrogen-bond donors (Lipinski definition) is 2. The van der Waals surface area contributed by atoms with Crippen molar-refractivity contribution < 1.29 is 9.13 Å². The average molecular weight is 183 g/mol. The lowest BCUT2D eigenvalue weighted by Crippen LogP contribution is -2.27. The van der Waals surface area contributed by atoms with Crippen molar-refractivity contribution in [3.8, 4) is 5.88 Å². The fourth-order valence-electron chi connectivity index (χ4n) is 1.24. The summed E-state index contributed by atoms with van der Waals surface area (Å²) in [6.07, 6.45) is 0.136. The quantitative estimate of drug-likeness (QED) is 0.631. The van der Waals surface area contributed by atoms with Crippen LogP contribution in [0.25, 0.3) is 0 Å². The molecule has 0 spiro atoms. The summed E-state index contributed by atoms with van der Waals surface area (Å²) in [6.45, 7) is 1.98. The maximum absolute atomic E-state index is 12.7. The van der Waals surface area contributed by atoms with Gasteiger partial charge in [-0.15, -0.1) is 0 Å². The van der Waals surface area contributed by atoms with E-state index in [1.54, 1.807) is 0 Å². The molecule has 2 heterocycles. The van der Waals surface area contributed by atoms with E-state index in [9.17, 15) is 4.39 Å². The van der Waals surface area contributed by atoms with Crippen molar-refractivity contribution in [1.82, 2.24) is 4.98 Å². The molecule has 13 heavy (non-hydrogen) atoms. The van der Waals surface area contributed by atoms with Crippen LogP contribution in [0.3, 0.4) is 0 Å². The second kappa shape index (κ2) is 2.76. The molecule has 0 fully saturated rings. The lowest BCUT2D eigenvalue weighted by atomic mass is 10.2. The van der Waals surface area contributed by atoms with Gasteiger partial charge in [0.05, 0.1) is 18.4 Å². The van der Waals surface area contributed by atoms with Crippen LogP contribution in [0.15, 0.2) is 6.20 Å². The highest BCUT2D eigenvalue weighted by atomic mass is 19.1. The summed E-state index contributed by atoms with van der Waals surface area (Å²) in [4.78, 5) is 3.88. The van der Waals surface area contributed by atoms with E-state index in [4.69, 9.17) is 10.5 Å². The summed E-state index contributed by atoms with van der Waals surface area (Å²) >= 11 is 0. The third-order valence-electron chi connectivity index (χ3n) is 2.02. The molecule has 0 amide bonds. The third-order valence-corrected chi connectivity index (χ3v) is 2.02. The topological polar surface area (TPSA) is 60.2 Å². The van der Waals surface area contributed by atoms with Gasteiger partial charge in [0, 0.05) is 5.56 Å². The first kappa shape index (κ1) is 8.10. The molecular weight excluding hydrogens is 173 g/mol. The fourth-order valence-corrected chi connectivity index (χ4v) is 1.24. The SMILES string of the molecule is Cc1c(N)cnc2c1NCC(F)O2. The van der Waals surface area contributed by atoms with Crippen LogP contribution in [0.4, 0.5) is 15.8 Å². The summed E-state index contributed by atoms with van der Waals surface area (Å²) in [5, 5.41) is 2.88. The Balaban J connectivity index is 2.47. The molecule has 5 heteroatoms. The normalized spacial score (nSPS) is 20.0. The first-order valence-electron chi connectivity index (χ1n) is 3.98. The summed E-state index contributed by atoms with van der Waals surface area (Å²) in [5.41, 5.74) is 7.74. The van der Waals surface area contributed by atoms with Crippen LogP contribution in [-0.4, -0.2) is 17.9 Å².